The molecule has 2 N–H and O–H groups in total. The molecule has 0 spiro atoms. The summed E-state index contributed by atoms with van der Waals surface area (Å²) < 4.78 is 11.8. The second-order valence-corrected chi connectivity index (χ2v) is 6.21. The largest absolute Gasteiger partial charge is 0.497 e. The van der Waals surface area contributed by atoms with Gasteiger partial charge in [0.15, 0.2) is 6.10 Å². The number of esters is 1. The van der Waals surface area contributed by atoms with Crippen molar-refractivity contribution in [3.8, 4) is 5.75 Å². The monoisotopic (exact) mass is 388 g/mol. The van der Waals surface area contributed by atoms with Gasteiger partial charge in [-0.3, -0.25) is 19.1 Å². The lowest BCUT2D eigenvalue weighted by molar-refractivity contribution is -0.152. The van der Waals surface area contributed by atoms with E-state index in [-0.39, 0.29) is 6.54 Å². The Morgan fingerprint density at radius 2 is 1.96 bits per heavy atom. The Morgan fingerprint density at radius 1 is 1.25 bits per heavy atom. The van der Waals surface area contributed by atoms with Crippen LogP contribution in [0.15, 0.2) is 24.3 Å². The number of ether oxygens (including phenoxy) is 2. The number of hydrogen-bond donors (Lipinski definition) is 2. The Morgan fingerprint density at radius 3 is 2.57 bits per heavy atom. The second-order valence-electron chi connectivity index (χ2n) is 6.21. The fourth-order valence-corrected chi connectivity index (χ4v) is 2.49. The summed E-state index contributed by atoms with van der Waals surface area (Å²) in [5.74, 6) is -1.12. The number of rotatable bonds is 7. The van der Waals surface area contributed by atoms with E-state index in [1.807, 2.05) is 6.92 Å². The molecule has 1 atom stereocenters. The molecule has 150 valence electrons. The van der Waals surface area contributed by atoms with E-state index in [1.165, 1.54) is 14.0 Å². The summed E-state index contributed by atoms with van der Waals surface area (Å²) in [4.78, 5) is 36.3. The van der Waals surface area contributed by atoms with Crippen LogP contribution in [0.5, 0.6) is 5.75 Å². The fourth-order valence-electron chi connectivity index (χ4n) is 2.49. The predicted octanol–water partition coefficient (Wildman–Crippen LogP) is 1.35. The number of nitrogens with one attached hydrogen (secondary N) is 2. The molecule has 1 heterocycles. The highest BCUT2D eigenvalue weighted by atomic mass is 16.5. The molecular formula is C19H24N4O5. The quantitative estimate of drug-likeness (QED) is 0.693. The van der Waals surface area contributed by atoms with Crippen LogP contribution in [0.3, 0.4) is 0 Å². The van der Waals surface area contributed by atoms with E-state index >= 15 is 0 Å². The fraction of sp³-hybridized carbons (Fsp3) is 0.368. The Balaban J connectivity index is 1.86. The lowest BCUT2D eigenvalue weighted by Crippen LogP contribution is -2.36. The Hall–Kier alpha value is -3.36. The van der Waals surface area contributed by atoms with E-state index in [2.05, 4.69) is 15.7 Å². The van der Waals surface area contributed by atoms with Crippen molar-refractivity contribution in [3.63, 3.8) is 0 Å². The van der Waals surface area contributed by atoms with E-state index < -0.39 is 23.9 Å². The minimum Gasteiger partial charge on any atom is -0.497 e. The number of carbonyl (C=O) groups is 3. The molecular weight excluding hydrogens is 364 g/mol. The zero-order valence-electron chi connectivity index (χ0n) is 16.5. The average Bonchev–Trinajstić information content (AvgIpc) is 2.92. The zero-order chi connectivity index (χ0) is 20.8. The van der Waals surface area contributed by atoms with Crippen molar-refractivity contribution in [2.24, 2.45) is 7.05 Å². The van der Waals surface area contributed by atoms with Gasteiger partial charge in [0.1, 0.15) is 12.3 Å². The van der Waals surface area contributed by atoms with Crippen LogP contribution < -0.4 is 15.4 Å². The zero-order valence-corrected chi connectivity index (χ0v) is 16.5. The summed E-state index contributed by atoms with van der Waals surface area (Å²) in [6, 6.07) is 6.52. The SMILES string of the molecule is COc1cccc(C(=O)NCC(=O)O[C@H](C)C(=O)Nc2c(C)nn(C)c2C)c1. The Labute approximate surface area is 163 Å². The molecule has 0 radical (unpaired) electrons. The van der Waals surface area contributed by atoms with Gasteiger partial charge in [-0.25, -0.2) is 0 Å². The maximum atomic E-state index is 12.3. The lowest BCUT2D eigenvalue weighted by Gasteiger charge is -2.14. The van der Waals surface area contributed by atoms with Crippen molar-refractivity contribution < 1.29 is 23.9 Å². The molecule has 2 aromatic rings. The second kappa shape index (κ2) is 9.03. The summed E-state index contributed by atoms with van der Waals surface area (Å²) in [6.45, 7) is 4.69. The molecule has 1 aromatic carbocycles. The normalized spacial score (nSPS) is 11.5. The first kappa shape index (κ1) is 20.9. The molecule has 2 rings (SSSR count). The molecule has 1 aromatic heterocycles. The number of hydrogen-bond acceptors (Lipinski definition) is 6. The molecule has 0 bridgehead atoms. The highest BCUT2D eigenvalue weighted by Gasteiger charge is 2.21. The van der Waals surface area contributed by atoms with Crippen molar-refractivity contribution in [1.82, 2.24) is 15.1 Å². The first-order valence-electron chi connectivity index (χ1n) is 8.65. The van der Waals surface area contributed by atoms with Crippen LogP contribution in [-0.2, 0) is 21.4 Å². The molecule has 0 aliphatic rings. The van der Waals surface area contributed by atoms with Crippen LogP contribution >= 0.6 is 0 Å². The number of benzene rings is 1. The van der Waals surface area contributed by atoms with Gasteiger partial charge in [0.2, 0.25) is 0 Å². The number of aryl methyl sites for hydroxylation is 2. The molecule has 0 fully saturated rings. The van der Waals surface area contributed by atoms with Gasteiger partial charge in [0, 0.05) is 12.6 Å². The van der Waals surface area contributed by atoms with Crippen LogP contribution in [0.4, 0.5) is 5.69 Å². The third-order valence-electron chi connectivity index (χ3n) is 4.16. The molecule has 0 aliphatic heterocycles. The van der Waals surface area contributed by atoms with Crippen molar-refractivity contribution in [3.05, 3.63) is 41.2 Å². The average molecular weight is 388 g/mol. The van der Waals surface area contributed by atoms with E-state index in [4.69, 9.17) is 9.47 Å². The first-order valence-corrected chi connectivity index (χ1v) is 8.65. The van der Waals surface area contributed by atoms with Crippen molar-refractivity contribution in [2.45, 2.75) is 26.9 Å². The molecule has 0 saturated heterocycles. The number of anilines is 1. The molecule has 9 nitrogen and oxygen atoms in total. The highest BCUT2D eigenvalue weighted by Crippen LogP contribution is 2.18. The van der Waals surface area contributed by atoms with Crippen molar-refractivity contribution in [2.75, 3.05) is 19.0 Å². The molecule has 28 heavy (non-hydrogen) atoms. The van der Waals surface area contributed by atoms with Crippen LogP contribution in [-0.4, -0.2) is 47.3 Å². The standard InChI is InChI=1S/C19H24N4O5/c1-11-17(12(2)23(4)22-11)21-18(25)13(3)28-16(24)10-20-19(26)14-7-6-8-15(9-14)27-5/h6-9,13H,10H2,1-5H3,(H,20,26)(H,21,25)/t13-/m1/s1. The first-order chi connectivity index (χ1) is 13.2. The number of aromatic nitrogens is 2. The van der Waals surface area contributed by atoms with Gasteiger partial charge in [0.25, 0.3) is 11.8 Å². The molecule has 0 unspecified atom stereocenters. The predicted molar refractivity (Wildman–Crippen MR) is 102 cm³/mol. The van der Waals surface area contributed by atoms with Crippen molar-refractivity contribution >= 4 is 23.5 Å². The third kappa shape index (κ3) is 5.09. The summed E-state index contributed by atoms with van der Waals surface area (Å²) in [7, 11) is 3.27. The van der Waals surface area contributed by atoms with Crippen LogP contribution in [0, 0.1) is 13.8 Å². The minimum absolute atomic E-state index is 0.348. The van der Waals surface area contributed by atoms with Gasteiger partial charge in [-0.15, -0.1) is 0 Å². The van der Waals surface area contributed by atoms with Gasteiger partial charge in [-0.05, 0) is 39.0 Å². The van der Waals surface area contributed by atoms with Crippen LogP contribution in [0.2, 0.25) is 0 Å². The Bertz CT molecular complexity index is 890. The van der Waals surface area contributed by atoms with Gasteiger partial charge < -0.3 is 20.1 Å². The van der Waals surface area contributed by atoms with Crippen LogP contribution in [0.1, 0.15) is 28.7 Å². The lowest BCUT2D eigenvalue weighted by atomic mass is 10.2. The van der Waals surface area contributed by atoms with Crippen molar-refractivity contribution in [1.29, 1.82) is 0 Å². The summed E-state index contributed by atoms with van der Waals surface area (Å²) in [5, 5.41) is 9.37. The van der Waals surface area contributed by atoms with E-state index in [0.717, 1.165) is 5.69 Å². The molecule has 9 heteroatoms. The maximum absolute atomic E-state index is 12.3. The number of carbonyl (C=O) groups excluding carboxylic acids is 3. The van der Waals surface area contributed by atoms with Crippen LogP contribution in [0.25, 0.3) is 0 Å². The Kier molecular flexibility index (Phi) is 6.75. The summed E-state index contributed by atoms with van der Waals surface area (Å²) in [6.07, 6.45) is -1.03. The third-order valence-corrected chi connectivity index (χ3v) is 4.16. The molecule has 0 saturated carbocycles. The minimum atomic E-state index is -1.03. The number of nitrogens with zero attached hydrogens (tertiary/aromatic N) is 2. The van der Waals surface area contributed by atoms with Gasteiger partial charge in [0.05, 0.1) is 24.2 Å². The molecule has 0 aliphatic carbocycles. The maximum Gasteiger partial charge on any atom is 0.326 e. The highest BCUT2D eigenvalue weighted by molar-refractivity contribution is 5.98. The smallest absolute Gasteiger partial charge is 0.326 e. The topological polar surface area (TPSA) is 112 Å². The van der Waals surface area contributed by atoms with E-state index in [0.29, 0.717) is 22.7 Å². The summed E-state index contributed by atoms with van der Waals surface area (Å²) in [5.41, 5.74) is 2.38. The van der Waals surface area contributed by atoms with E-state index in [9.17, 15) is 14.4 Å². The number of methoxy groups -OCH3 is 1. The number of amides is 2. The van der Waals surface area contributed by atoms with E-state index in [1.54, 1.807) is 42.9 Å². The molecule has 2 amide bonds. The summed E-state index contributed by atoms with van der Waals surface area (Å²) >= 11 is 0. The van der Waals surface area contributed by atoms with Gasteiger partial charge in [-0.2, -0.15) is 5.10 Å². The van der Waals surface area contributed by atoms with Gasteiger partial charge in [-0.1, -0.05) is 6.07 Å². The van der Waals surface area contributed by atoms with Gasteiger partial charge >= 0.3 is 5.97 Å².